The second-order valence-electron chi connectivity index (χ2n) is 7.13. The third kappa shape index (κ3) is 2.85. The van der Waals surface area contributed by atoms with E-state index >= 15 is 0 Å². The molecule has 0 radical (unpaired) electrons. The Bertz CT molecular complexity index is 1170. The van der Waals surface area contributed by atoms with Crippen LogP contribution < -0.4 is 10.2 Å². The van der Waals surface area contributed by atoms with E-state index < -0.39 is 0 Å². The largest absolute Gasteiger partial charge is 0.348 e. The maximum atomic E-state index is 9.38. The quantitative estimate of drug-likeness (QED) is 0.507. The number of aryl methyl sites for hydroxylation is 1. The number of H-pyrrole nitrogens is 1. The lowest BCUT2D eigenvalue weighted by Gasteiger charge is -2.49. The number of nitrogens with one attached hydrogen (secondary N) is 2. The lowest BCUT2D eigenvalue weighted by Crippen LogP contribution is -2.63. The van der Waals surface area contributed by atoms with E-state index in [1.54, 1.807) is 29.3 Å². The highest BCUT2D eigenvalue weighted by Crippen LogP contribution is 2.36. The van der Waals surface area contributed by atoms with Crippen LogP contribution in [0.4, 0.5) is 17.5 Å². The van der Waals surface area contributed by atoms with Crippen molar-refractivity contribution in [3.8, 4) is 6.07 Å². The van der Waals surface area contributed by atoms with E-state index in [4.69, 9.17) is 0 Å². The Balaban J connectivity index is 1.43. The van der Waals surface area contributed by atoms with Crippen LogP contribution in [0.25, 0.3) is 5.65 Å². The zero-order chi connectivity index (χ0) is 19.8. The minimum atomic E-state index is -0.353. The Morgan fingerprint density at radius 3 is 2.97 bits per heavy atom. The average molecular weight is 389 g/mol. The highest BCUT2D eigenvalue weighted by molar-refractivity contribution is 5.68. The summed E-state index contributed by atoms with van der Waals surface area (Å²) in [6.45, 7) is 3.36. The number of rotatable bonds is 6. The average Bonchev–Trinajstić information content (AvgIpc) is 3.44. The number of hydrogen-bond acceptors (Lipinski definition) is 8. The molecule has 2 N–H and O–H groups in total. The van der Waals surface area contributed by atoms with Crippen molar-refractivity contribution in [3.63, 3.8) is 0 Å². The molecule has 1 aliphatic rings. The summed E-state index contributed by atoms with van der Waals surface area (Å²) < 4.78 is 3.62. The van der Waals surface area contributed by atoms with Crippen molar-refractivity contribution in [2.75, 3.05) is 23.3 Å². The first-order valence-electron chi connectivity index (χ1n) is 9.34. The molecule has 1 fully saturated rings. The standard InChI is InChI=1S/C18H19N11/c1-2-13-7-23-29(10-13)18(3-4-19)11-27(12-18)15-16-25-17(24-14-8-21-22-9-14)26-28(16)6-5-20-15/h5-10H,2-3,11-12H2,1H3,(H,21,22)(H,24,26). The van der Waals surface area contributed by atoms with E-state index in [-0.39, 0.29) is 5.54 Å². The summed E-state index contributed by atoms with van der Waals surface area (Å²) in [5.74, 6) is 1.20. The number of aromatic nitrogens is 8. The van der Waals surface area contributed by atoms with Crippen LogP contribution in [-0.4, -0.2) is 52.6 Å². The molecule has 11 nitrogen and oxygen atoms in total. The molecule has 0 saturated carbocycles. The molecule has 1 aliphatic heterocycles. The first kappa shape index (κ1) is 17.2. The lowest BCUT2D eigenvalue weighted by atomic mass is 9.87. The monoisotopic (exact) mass is 389 g/mol. The molecule has 1 saturated heterocycles. The summed E-state index contributed by atoms with van der Waals surface area (Å²) in [5.41, 5.74) is 2.24. The fraction of sp³-hybridized carbons (Fsp3) is 0.333. The molecule has 0 amide bonds. The van der Waals surface area contributed by atoms with Crippen molar-refractivity contribution >= 4 is 23.1 Å². The SMILES string of the molecule is CCc1cnn(C2(CC#N)CN(c3nccn4nc(Nc5cn[nH]c5)nc34)C2)c1. The van der Waals surface area contributed by atoms with Gasteiger partial charge in [-0.3, -0.25) is 9.78 Å². The second-order valence-corrected chi connectivity index (χ2v) is 7.13. The summed E-state index contributed by atoms with van der Waals surface area (Å²) in [6.07, 6.45) is 12.1. The number of aromatic amines is 1. The fourth-order valence-corrected chi connectivity index (χ4v) is 3.63. The van der Waals surface area contributed by atoms with Crippen LogP contribution in [0.1, 0.15) is 18.9 Å². The Hall–Kier alpha value is -3.94. The van der Waals surface area contributed by atoms with Gasteiger partial charge in [-0.25, -0.2) is 9.50 Å². The molecule has 4 aromatic heterocycles. The van der Waals surface area contributed by atoms with Gasteiger partial charge in [0, 0.05) is 37.9 Å². The van der Waals surface area contributed by atoms with Gasteiger partial charge in [0.05, 0.1) is 30.6 Å². The summed E-state index contributed by atoms with van der Waals surface area (Å²) in [5, 5.41) is 28.1. The van der Waals surface area contributed by atoms with Gasteiger partial charge in [0.15, 0.2) is 11.5 Å². The van der Waals surface area contributed by atoms with Gasteiger partial charge >= 0.3 is 0 Å². The number of nitrogens with zero attached hydrogens (tertiary/aromatic N) is 9. The molecule has 4 aromatic rings. The van der Waals surface area contributed by atoms with Crippen LogP contribution in [0, 0.1) is 11.3 Å². The van der Waals surface area contributed by atoms with Crippen molar-refractivity contribution in [3.05, 3.63) is 42.7 Å². The lowest BCUT2D eigenvalue weighted by molar-refractivity contribution is 0.197. The maximum Gasteiger partial charge on any atom is 0.247 e. The minimum absolute atomic E-state index is 0.353. The molecule has 5 rings (SSSR count). The molecule has 5 heterocycles. The van der Waals surface area contributed by atoms with Gasteiger partial charge in [0.1, 0.15) is 5.54 Å². The molecule has 0 aromatic carbocycles. The first-order chi connectivity index (χ1) is 14.2. The highest BCUT2D eigenvalue weighted by Gasteiger charge is 2.46. The van der Waals surface area contributed by atoms with Gasteiger partial charge in [0.25, 0.3) is 0 Å². The van der Waals surface area contributed by atoms with E-state index in [1.165, 1.54) is 0 Å². The smallest absolute Gasteiger partial charge is 0.247 e. The zero-order valence-electron chi connectivity index (χ0n) is 15.8. The van der Waals surface area contributed by atoms with Crippen molar-refractivity contribution in [1.29, 1.82) is 5.26 Å². The van der Waals surface area contributed by atoms with Crippen LogP contribution in [-0.2, 0) is 12.0 Å². The van der Waals surface area contributed by atoms with Crippen molar-refractivity contribution < 1.29 is 0 Å². The third-order valence-electron chi connectivity index (χ3n) is 5.20. The van der Waals surface area contributed by atoms with Crippen molar-refractivity contribution in [1.82, 2.24) is 39.6 Å². The van der Waals surface area contributed by atoms with Crippen LogP contribution in [0.2, 0.25) is 0 Å². The molecular formula is C18H19N11. The Kier molecular flexibility index (Phi) is 3.90. The van der Waals surface area contributed by atoms with E-state index in [1.807, 2.05) is 17.1 Å². The zero-order valence-corrected chi connectivity index (χ0v) is 15.8. The predicted molar refractivity (Wildman–Crippen MR) is 105 cm³/mol. The van der Waals surface area contributed by atoms with Crippen LogP contribution in [0.5, 0.6) is 0 Å². The molecule has 0 aliphatic carbocycles. The fourth-order valence-electron chi connectivity index (χ4n) is 3.63. The molecule has 29 heavy (non-hydrogen) atoms. The summed E-state index contributed by atoms with van der Waals surface area (Å²) >= 11 is 0. The van der Waals surface area contributed by atoms with Gasteiger partial charge in [-0.05, 0) is 12.0 Å². The molecule has 0 atom stereocenters. The number of fused-ring (bicyclic) bond motifs is 1. The summed E-state index contributed by atoms with van der Waals surface area (Å²) in [7, 11) is 0. The third-order valence-corrected chi connectivity index (χ3v) is 5.20. The van der Waals surface area contributed by atoms with Gasteiger partial charge in [-0.2, -0.15) is 20.4 Å². The first-order valence-corrected chi connectivity index (χ1v) is 9.34. The molecule has 11 heteroatoms. The van der Waals surface area contributed by atoms with Crippen LogP contribution in [0.3, 0.4) is 0 Å². The predicted octanol–water partition coefficient (Wildman–Crippen LogP) is 1.48. The number of nitriles is 1. The van der Waals surface area contributed by atoms with Gasteiger partial charge in [0.2, 0.25) is 5.95 Å². The Morgan fingerprint density at radius 1 is 1.34 bits per heavy atom. The highest BCUT2D eigenvalue weighted by atomic mass is 15.4. The second kappa shape index (κ2) is 6.59. The summed E-state index contributed by atoms with van der Waals surface area (Å²) in [6, 6.07) is 2.31. The molecule has 0 bridgehead atoms. The van der Waals surface area contributed by atoms with E-state index in [0.717, 1.165) is 23.5 Å². The van der Waals surface area contributed by atoms with E-state index in [2.05, 4.69) is 53.6 Å². The Morgan fingerprint density at radius 2 is 2.24 bits per heavy atom. The molecular weight excluding hydrogens is 370 g/mol. The Labute approximate surface area is 166 Å². The van der Waals surface area contributed by atoms with Gasteiger partial charge < -0.3 is 10.2 Å². The van der Waals surface area contributed by atoms with E-state index in [0.29, 0.717) is 31.1 Å². The van der Waals surface area contributed by atoms with Crippen LogP contribution >= 0.6 is 0 Å². The summed E-state index contributed by atoms with van der Waals surface area (Å²) in [4.78, 5) is 11.2. The molecule has 0 spiro atoms. The molecule has 146 valence electrons. The van der Waals surface area contributed by atoms with Gasteiger partial charge in [-0.15, -0.1) is 5.10 Å². The maximum absolute atomic E-state index is 9.38. The van der Waals surface area contributed by atoms with Crippen molar-refractivity contribution in [2.45, 2.75) is 25.3 Å². The topological polar surface area (TPSA) is 129 Å². The van der Waals surface area contributed by atoms with Gasteiger partial charge in [-0.1, -0.05) is 6.92 Å². The minimum Gasteiger partial charge on any atom is -0.348 e. The molecule has 0 unspecified atom stereocenters. The van der Waals surface area contributed by atoms with Crippen molar-refractivity contribution in [2.24, 2.45) is 0 Å². The van der Waals surface area contributed by atoms with Crippen LogP contribution in [0.15, 0.2) is 37.2 Å². The van der Waals surface area contributed by atoms with E-state index in [9.17, 15) is 5.26 Å². The normalized spacial score (nSPS) is 15.2. The number of anilines is 3. The number of hydrogen-bond donors (Lipinski definition) is 2.